The van der Waals surface area contributed by atoms with E-state index >= 15 is 0 Å². The summed E-state index contributed by atoms with van der Waals surface area (Å²) >= 11 is 0. The lowest BCUT2D eigenvalue weighted by molar-refractivity contribution is -0.116. The second-order valence-corrected chi connectivity index (χ2v) is 7.63. The summed E-state index contributed by atoms with van der Waals surface area (Å²) < 4.78 is 21.6. The normalized spacial score (nSPS) is 12.8. The molecule has 1 aliphatic rings. The van der Waals surface area contributed by atoms with Crippen LogP contribution in [-0.4, -0.2) is 33.2 Å². The third kappa shape index (κ3) is 4.88. The number of methoxy groups -OCH3 is 3. The fourth-order valence-corrected chi connectivity index (χ4v) is 3.82. The van der Waals surface area contributed by atoms with Gasteiger partial charge < -0.3 is 24.3 Å². The second-order valence-electron chi connectivity index (χ2n) is 7.63. The molecule has 0 saturated carbocycles. The molecule has 32 heavy (non-hydrogen) atoms. The third-order valence-corrected chi connectivity index (χ3v) is 5.61. The van der Waals surface area contributed by atoms with E-state index < -0.39 is 0 Å². The Morgan fingerprint density at radius 1 is 1.06 bits per heavy atom. The van der Waals surface area contributed by atoms with Gasteiger partial charge in [-0.2, -0.15) is 0 Å². The van der Waals surface area contributed by atoms with Crippen molar-refractivity contribution in [1.82, 2.24) is 0 Å². The Bertz CT molecular complexity index is 1040. The molecule has 7 nitrogen and oxygen atoms in total. The molecule has 1 aliphatic heterocycles. The lowest BCUT2D eigenvalue weighted by Crippen LogP contribution is -2.11. The molecule has 7 heteroatoms. The molecule has 0 aromatic heterocycles. The van der Waals surface area contributed by atoms with Crippen LogP contribution >= 0.6 is 0 Å². The van der Waals surface area contributed by atoms with E-state index in [9.17, 15) is 9.59 Å². The number of rotatable bonds is 9. The van der Waals surface area contributed by atoms with Gasteiger partial charge in [0.25, 0.3) is 0 Å². The number of carbonyl (C=O) groups excluding carboxylic acids is 2. The summed E-state index contributed by atoms with van der Waals surface area (Å²) in [4.78, 5) is 24.5. The van der Waals surface area contributed by atoms with Gasteiger partial charge in [0.2, 0.25) is 5.91 Å². The van der Waals surface area contributed by atoms with Crippen molar-refractivity contribution in [2.24, 2.45) is 0 Å². The molecular formula is C25H29NO6. The number of allylic oxidation sites excluding steroid dienone is 2. The van der Waals surface area contributed by atoms with Gasteiger partial charge in [0.1, 0.15) is 29.4 Å². The number of hydrogen-bond acceptors (Lipinski definition) is 6. The number of benzene rings is 2. The van der Waals surface area contributed by atoms with E-state index in [1.807, 2.05) is 19.9 Å². The lowest BCUT2D eigenvalue weighted by atomic mass is 9.94. The van der Waals surface area contributed by atoms with E-state index in [1.54, 1.807) is 45.6 Å². The zero-order valence-electron chi connectivity index (χ0n) is 19.2. The highest BCUT2D eigenvalue weighted by atomic mass is 16.5. The first-order valence-electron chi connectivity index (χ1n) is 10.4. The first-order chi connectivity index (χ1) is 15.4. The molecule has 0 saturated heterocycles. The Balaban J connectivity index is 1.69. The SMILES string of the molecule is COc1ccc(NC(=O)CC/C(C)=C/Cc2c(OC)c(C)c3c(c2OC)C(=O)OC3)cc1. The molecule has 0 radical (unpaired) electrons. The number of carbonyl (C=O) groups is 2. The van der Waals surface area contributed by atoms with E-state index in [2.05, 4.69) is 5.32 Å². The van der Waals surface area contributed by atoms with Crippen molar-refractivity contribution in [1.29, 1.82) is 0 Å². The minimum Gasteiger partial charge on any atom is -0.497 e. The molecule has 0 aliphatic carbocycles. The average Bonchev–Trinajstić information content (AvgIpc) is 3.18. The van der Waals surface area contributed by atoms with Gasteiger partial charge in [-0.25, -0.2) is 4.79 Å². The molecule has 3 rings (SSSR count). The topological polar surface area (TPSA) is 83.1 Å². The van der Waals surface area contributed by atoms with Crippen molar-refractivity contribution >= 4 is 17.6 Å². The van der Waals surface area contributed by atoms with Crippen LogP contribution in [0.15, 0.2) is 35.9 Å². The van der Waals surface area contributed by atoms with Crippen molar-refractivity contribution in [2.45, 2.75) is 39.7 Å². The van der Waals surface area contributed by atoms with Crippen LogP contribution in [0.3, 0.4) is 0 Å². The van der Waals surface area contributed by atoms with Crippen molar-refractivity contribution in [3.63, 3.8) is 0 Å². The Hall–Kier alpha value is -3.48. The minimum absolute atomic E-state index is 0.0609. The van der Waals surface area contributed by atoms with Gasteiger partial charge in [-0.05, 0) is 56.5 Å². The Kier molecular flexibility index (Phi) is 7.41. The highest BCUT2D eigenvalue weighted by molar-refractivity contribution is 5.98. The monoisotopic (exact) mass is 439 g/mol. The zero-order chi connectivity index (χ0) is 23.3. The molecule has 170 valence electrons. The van der Waals surface area contributed by atoms with Gasteiger partial charge in [0.05, 0.1) is 21.3 Å². The standard InChI is InChI=1S/C25H29NO6/c1-15(7-13-21(27)26-17-8-10-18(29-3)11-9-17)6-12-19-23(30-4)16(2)20-14-32-25(28)22(20)24(19)31-5/h6,8-11H,7,12-14H2,1-5H3,(H,26,27)/b15-6+. The maximum Gasteiger partial charge on any atom is 0.342 e. The highest BCUT2D eigenvalue weighted by Gasteiger charge is 2.32. The van der Waals surface area contributed by atoms with Crippen LogP contribution in [0, 0.1) is 6.92 Å². The number of cyclic esters (lactones) is 1. The molecule has 1 amide bonds. The van der Waals surface area contributed by atoms with Crippen LogP contribution in [0.5, 0.6) is 17.2 Å². The molecule has 0 unspecified atom stereocenters. The van der Waals surface area contributed by atoms with Crippen molar-refractivity contribution < 1.29 is 28.5 Å². The van der Waals surface area contributed by atoms with Crippen LogP contribution in [0.4, 0.5) is 5.69 Å². The Morgan fingerprint density at radius 2 is 1.75 bits per heavy atom. The Labute approximate surface area is 188 Å². The summed E-state index contributed by atoms with van der Waals surface area (Å²) in [7, 11) is 4.75. The van der Waals surface area contributed by atoms with Crippen molar-refractivity contribution in [3.05, 3.63) is 58.2 Å². The van der Waals surface area contributed by atoms with Crippen LogP contribution in [0.25, 0.3) is 0 Å². The minimum atomic E-state index is -0.375. The molecule has 2 aromatic carbocycles. The largest absolute Gasteiger partial charge is 0.497 e. The van der Waals surface area contributed by atoms with E-state index in [0.29, 0.717) is 36.3 Å². The first kappa shape index (κ1) is 23.2. The molecule has 0 spiro atoms. The molecule has 0 bridgehead atoms. The summed E-state index contributed by atoms with van der Waals surface area (Å²) in [5, 5.41) is 2.89. The maximum absolute atomic E-state index is 12.3. The van der Waals surface area contributed by atoms with Crippen molar-refractivity contribution in [2.75, 3.05) is 26.6 Å². The van der Waals surface area contributed by atoms with Gasteiger partial charge in [0, 0.05) is 23.2 Å². The van der Waals surface area contributed by atoms with Gasteiger partial charge in [-0.15, -0.1) is 0 Å². The van der Waals surface area contributed by atoms with Crippen molar-refractivity contribution in [3.8, 4) is 17.2 Å². The fraction of sp³-hybridized carbons (Fsp3) is 0.360. The quantitative estimate of drug-likeness (QED) is 0.454. The summed E-state index contributed by atoms with van der Waals surface area (Å²) in [5.41, 5.74) is 4.75. The second kappa shape index (κ2) is 10.2. The van der Waals surface area contributed by atoms with E-state index in [-0.39, 0.29) is 18.5 Å². The first-order valence-corrected chi connectivity index (χ1v) is 10.4. The average molecular weight is 440 g/mol. The molecule has 2 aromatic rings. The number of esters is 1. The van der Waals surface area contributed by atoms with E-state index in [1.165, 1.54) is 0 Å². The number of amides is 1. The molecular weight excluding hydrogens is 410 g/mol. The predicted molar refractivity (Wildman–Crippen MR) is 122 cm³/mol. The number of ether oxygens (including phenoxy) is 4. The van der Waals surface area contributed by atoms with Gasteiger partial charge >= 0.3 is 5.97 Å². The fourth-order valence-electron chi connectivity index (χ4n) is 3.82. The zero-order valence-corrected chi connectivity index (χ0v) is 19.2. The number of nitrogens with one attached hydrogen (secondary N) is 1. The molecule has 1 N–H and O–H groups in total. The lowest BCUT2D eigenvalue weighted by Gasteiger charge is -2.18. The van der Waals surface area contributed by atoms with Crippen LogP contribution in [0.1, 0.15) is 46.8 Å². The number of anilines is 1. The Morgan fingerprint density at radius 3 is 2.38 bits per heavy atom. The smallest absolute Gasteiger partial charge is 0.342 e. The van der Waals surface area contributed by atoms with E-state index in [4.69, 9.17) is 18.9 Å². The molecule has 0 fully saturated rings. The number of fused-ring (bicyclic) bond motifs is 1. The summed E-state index contributed by atoms with van der Waals surface area (Å²) in [6.07, 6.45) is 3.52. The summed E-state index contributed by atoms with van der Waals surface area (Å²) in [6, 6.07) is 7.21. The van der Waals surface area contributed by atoms with E-state index in [0.717, 1.165) is 33.7 Å². The summed E-state index contributed by atoms with van der Waals surface area (Å²) in [6.45, 7) is 4.13. The van der Waals surface area contributed by atoms with Crippen LogP contribution in [-0.2, 0) is 22.6 Å². The third-order valence-electron chi connectivity index (χ3n) is 5.61. The van der Waals surface area contributed by atoms with Crippen LogP contribution < -0.4 is 19.5 Å². The van der Waals surface area contributed by atoms with Gasteiger partial charge in [-0.3, -0.25) is 4.79 Å². The molecule has 0 atom stereocenters. The van der Waals surface area contributed by atoms with Gasteiger partial charge in [0.15, 0.2) is 0 Å². The maximum atomic E-state index is 12.3. The summed E-state index contributed by atoms with van der Waals surface area (Å²) in [5.74, 6) is 1.49. The highest BCUT2D eigenvalue weighted by Crippen LogP contribution is 2.42. The van der Waals surface area contributed by atoms with Gasteiger partial charge in [-0.1, -0.05) is 11.6 Å². The van der Waals surface area contributed by atoms with Crippen LogP contribution in [0.2, 0.25) is 0 Å². The number of hydrogen-bond donors (Lipinski definition) is 1. The predicted octanol–water partition coefficient (Wildman–Crippen LogP) is 4.60. The molecule has 1 heterocycles.